The number of carbonyl (C=O) groups is 1. The van der Waals surface area contributed by atoms with Crippen LogP contribution < -0.4 is 9.64 Å². The molecule has 0 aliphatic carbocycles. The van der Waals surface area contributed by atoms with Crippen molar-refractivity contribution in [2.75, 3.05) is 38.1 Å². The molecule has 7 heteroatoms. The van der Waals surface area contributed by atoms with Crippen LogP contribution in [-0.2, 0) is 7.05 Å². The molecule has 1 aromatic heterocycles. The number of hydrogen-bond donors (Lipinski definition) is 2. The summed E-state index contributed by atoms with van der Waals surface area (Å²) in [5.41, 5.74) is 3.17. The summed E-state index contributed by atoms with van der Waals surface area (Å²) in [4.78, 5) is 17.5. The molecule has 0 bridgehead atoms. The van der Waals surface area contributed by atoms with Crippen LogP contribution in [0, 0.1) is 0 Å². The second kappa shape index (κ2) is 6.81. The maximum absolute atomic E-state index is 12.8. The Morgan fingerprint density at radius 1 is 1.07 bits per heavy atom. The number of anilines is 1. The van der Waals surface area contributed by atoms with E-state index < -0.39 is 5.78 Å². The van der Waals surface area contributed by atoms with E-state index in [1.807, 2.05) is 17.8 Å². The first-order valence-electron chi connectivity index (χ1n) is 9.94. The molecule has 0 unspecified atom stereocenters. The summed E-state index contributed by atoms with van der Waals surface area (Å²) in [6.45, 7) is 3.88. The van der Waals surface area contributed by atoms with E-state index in [0.717, 1.165) is 54.4 Å². The van der Waals surface area contributed by atoms with E-state index in [0.29, 0.717) is 0 Å². The molecule has 0 saturated carbocycles. The van der Waals surface area contributed by atoms with Crippen molar-refractivity contribution in [1.82, 2.24) is 9.47 Å². The van der Waals surface area contributed by atoms with Gasteiger partial charge in [-0.2, -0.15) is 0 Å². The fraction of sp³-hybridized carbons (Fsp3) is 0.261. The average Bonchev–Trinajstić information content (AvgIpc) is 3.19. The minimum atomic E-state index is -0.392. The molecule has 3 aromatic rings. The van der Waals surface area contributed by atoms with Gasteiger partial charge in [0.1, 0.15) is 22.8 Å². The van der Waals surface area contributed by atoms with Crippen LogP contribution in [0.25, 0.3) is 17.0 Å². The van der Waals surface area contributed by atoms with Crippen LogP contribution in [0.5, 0.6) is 17.2 Å². The van der Waals surface area contributed by atoms with Crippen molar-refractivity contribution in [1.29, 1.82) is 0 Å². The van der Waals surface area contributed by atoms with Crippen LogP contribution in [0.15, 0.2) is 42.3 Å². The lowest BCUT2D eigenvalue weighted by molar-refractivity contribution is 0.101. The van der Waals surface area contributed by atoms with Crippen molar-refractivity contribution in [2.45, 2.75) is 0 Å². The Labute approximate surface area is 174 Å². The predicted octanol–water partition coefficient (Wildman–Crippen LogP) is 2.96. The zero-order valence-electron chi connectivity index (χ0n) is 16.9. The van der Waals surface area contributed by atoms with Gasteiger partial charge in [0.2, 0.25) is 5.78 Å². The van der Waals surface area contributed by atoms with Gasteiger partial charge < -0.3 is 29.3 Å². The number of allylic oxidation sites excluding steroid dienone is 1. The molecule has 30 heavy (non-hydrogen) atoms. The number of ketones is 1. The second-order valence-electron chi connectivity index (χ2n) is 7.93. The van der Waals surface area contributed by atoms with Crippen LogP contribution in [0.3, 0.4) is 0 Å². The van der Waals surface area contributed by atoms with Crippen LogP contribution in [0.1, 0.15) is 15.9 Å². The number of piperazine rings is 1. The molecule has 0 amide bonds. The van der Waals surface area contributed by atoms with Crippen molar-refractivity contribution in [3.8, 4) is 17.2 Å². The summed E-state index contributed by atoms with van der Waals surface area (Å²) >= 11 is 0. The number of carbonyl (C=O) groups excluding carboxylic acids is 1. The fourth-order valence-corrected chi connectivity index (χ4v) is 4.30. The lowest BCUT2D eigenvalue weighted by Crippen LogP contribution is -2.44. The highest BCUT2D eigenvalue weighted by Gasteiger charge is 2.32. The highest BCUT2D eigenvalue weighted by Crippen LogP contribution is 2.41. The zero-order valence-corrected chi connectivity index (χ0v) is 16.9. The third-order valence-corrected chi connectivity index (χ3v) is 5.89. The summed E-state index contributed by atoms with van der Waals surface area (Å²) in [5, 5.41) is 20.8. The van der Waals surface area contributed by atoms with Crippen LogP contribution in [0.2, 0.25) is 0 Å². The molecule has 0 radical (unpaired) electrons. The lowest BCUT2D eigenvalue weighted by atomic mass is 10.1. The van der Waals surface area contributed by atoms with Crippen LogP contribution >= 0.6 is 0 Å². The Morgan fingerprint density at radius 2 is 1.83 bits per heavy atom. The smallest absolute Gasteiger partial charge is 0.235 e. The lowest BCUT2D eigenvalue weighted by Gasteiger charge is -2.34. The van der Waals surface area contributed by atoms with Gasteiger partial charge >= 0.3 is 0 Å². The van der Waals surface area contributed by atoms with E-state index in [9.17, 15) is 15.0 Å². The van der Waals surface area contributed by atoms with Gasteiger partial charge in [0.05, 0.1) is 5.52 Å². The largest absolute Gasteiger partial charge is 0.508 e. The molecular formula is C23H23N3O4. The van der Waals surface area contributed by atoms with Gasteiger partial charge in [0.25, 0.3) is 0 Å². The first-order valence-corrected chi connectivity index (χ1v) is 9.94. The first-order chi connectivity index (χ1) is 14.4. The normalized spacial score (nSPS) is 18.3. The minimum absolute atomic E-state index is 0.0820. The Kier molecular flexibility index (Phi) is 4.22. The number of fused-ring (bicyclic) bond motifs is 2. The Bertz CT molecular complexity index is 1200. The van der Waals surface area contributed by atoms with Gasteiger partial charge in [-0.3, -0.25) is 4.79 Å². The number of nitrogens with zero attached hydrogens (tertiary/aromatic N) is 3. The van der Waals surface area contributed by atoms with Gasteiger partial charge in [0, 0.05) is 68.2 Å². The van der Waals surface area contributed by atoms with Gasteiger partial charge in [-0.05, 0) is 25.3 Å². The maximum atomic E-state index is 12.8. The molecule has 2 aliphatic rings. The SMILES string of the molecule is CN1CCN(c2cccc3c2c(C=C2Oc4cc(O)cc(O)c4C2=O)cn3C)CC1. The van der Waals surface area contributed by atoms with E-state index in [1.54, 1.807) is 6.08 Å². The predicted molar refractivity (Wildman–Crippen MR) is 115 cm³/mol. The number of hydrogen-bond acceptors (Lipinski definition) is 6. The molecule has 5 rings (SSSR count). The number of phenols is 2. The zero-order chi connectivity index (χ0) is 21.0. The van der Waals surface area contributed by atoms with Crippen molar-refractivity contribution in [2.24, 2.45) is 7.05 Å². The van der Waals surface area contributed by atoms with Gasteiger partial charge in [-0.15, -0.1) is 0 Å². The van der Waals surface area contributed by atoms with Crippen molar-refractivity contribution in [3.63, 3.8) is 0 Å². The van der Waals surface area contributed by atoms with Gasteiger partial charge in [0.15, 0.2) is 5.76 Å². The van der Waals surface area contributed by atoms with Crippen LogP contribution in [-0.4, -0.2) is 58.7 Å². The maximum Gasteiger partial charge on any atom is 0.235 e. The molecular weight excluding hydrogens is 382 g/mol. The minimum Gasteiger partial charge on any atom is -0.508 e. The summed E-state index contributed by atoms with van der Waals surface area (Å²) in [7, 11) is 4.11. The van der Waals surface area contributed by atoms with E-state index in [4.69, 9.17) is 4.74 Å². The number of ether oxygens (including phenoxy) is 1. The Morgan fingerprint density at radius 3 is 2.60 bits per heavy atom. The Hall–Kier alpha value is -3.45. The highest BCUT2D eigenvalue weighted by molar-refractivity contribution is 6.17. The van der Waals surface area contributed by atoms with E-state index in [2.05, 4.69) is 35.0 Å². The van der Waals surface area contributed by atoms with Crippen molar-refractivity contribution >= 4 is 28.4 Å². The summed E-state index contributed by atoms with van der Waals surface area (Å²) < 4.78 is 7.74. The molecule has 2 aromatic carbocycles. The molecule has 3 heterocycles. The number of aromatic nitrogens is 1. The van der Waals surface area contributed by atoms with E-state index >= 15 is 0 Å². The van der Waals surface area contributed by atoms with Gasteiger partial charge in [-0.1, -0.05) is 6.07 Å². The summed E-state index contributed by atoms with van der Waals surface area (Å²) in [5.74, 6) is -0.524. The topological polar surface area (TPSA) is 78.2 Å². The number of rotatable bonds is 2. The highest BCUT2D eigenvalue weighted by atomic mass is 16.5. The summed E-state index contributed by atoms with van der Waals surface area (Å²) in [6.07, 6.45) is 3.70. The monoisotopic (exact) mass is 405 g/mol. The number of aryl methyl sites for hydroxylation is 1. The number of aromatic hydroxyl groups is 2. The molecule has 2 N–H and O–H groups in total. The molecule has 1 saturated heterocycles. The molecule has 0 spiro atoms. The average molecular weight is 405 g/mol. The van der Waals surface area contributed by atoms with Crippen molar-refractivity contribution < 1.29 is 19.7 Å². The number of phenolic OH excluding ortho intramolecular Hbond substituents is 2. The Balaban J connectivity index is 1.60. The van der Waals surface area contributed by atoms with E-state index in [1.165, 1.54) is 6.07 Å². The summed E-state index contributed by atoms with van der Waals surface area (Å²) in [6, 6.07) is 8.72. The molecule has 2 aliphatic heterocycles. The van der Waals surface area contributed by atoms with Crippen molar-refractivity contribution in [3.05, 3.63) is 53.4 Å². The second-order valence-corrected chi connectivity index (χ2v) is 7.93. The first kappa shape index (κ1) is 18.6. The third-order valence-electron chi connectivity index (χ3n) is 5.89. The van der Waals surface area contributed by atoms with E-state index in [-0.39, 0.29) is 28.6 Å². The van der Waals surface area contributed by atoms with Gasteiger partial charge in [-0.25, -0.2) is 0 Å². The third kappa shape index (κ3) is 2.90. The number of benzene rings is 2. The quantitative estimate of drug-likeness (QED) is 0.639. The number of likely N-dealkylation sites (N-methyl/N-ethyl adjacent to an activating group) is 1. The molecule has 0 atom stereocenters. The molecule has 154 valence electrons. The molecule has 7 nitrogen and oxygen atoms in total. The van der Waals surface area contributed by atoms with Crippen LogP contribution in [0.4, 0.5) is 5.69 Å². The fourth-order valence-electron chi connectivity index (χ4n) is 4.30. The standard InChI is InChI=1S/C23H23N3O4/c1-24-6-8-26(9-7-24)17-5-3-4-16-21(17)14(13-25(16)2)10-20-23(29)22-18(28)11-15(27)12-19(22)30-20/h3-5,10-13,27-28H,6-9H2,1-2H3. The number of Topliss-reactive ketones (excluding diaryl/α,β-unsaturated/α-hetero) is 1. The molecule has 1 fully saturated rings.